The van der Waals surface area contributed by atoms with Crippen LogP contribution in [0.4, 0.5) is 5.69 Å². The summed E-state index contributed by atoms with van der Waals surface area (Å²) in [6, 6.07) is 3.70. The zero-order chi connectivity index (χ0) is 16.4. The number of benzene rings is 1. The van der Waals surface area contributed by atoms with Crippen molar-refractivity contribution in [3.8, 4) is 0 Å². The number of anilines is 1. The molecule has 1 aromatic rings. The second-order valence-electron chi connectivity index (χ2n) is 5.71. The number of hydrogen-bond acceptors (Lipinski definition) is 3. The van der Waals surface area contributed by atoms with Crippen molar-refractivity contribution in [3.05, 3.63) is 28.3 Å². The van der Waals surface area contributed by atoms with Crippen molar-refractivity contribution in [3.63, 3.8) is 0 Å². The van der Waals surface area contributed by atoms with Crippen LogP contribution in [-0.2, 0) is 9.59 Å². The molecule has 21 heavy (non-hydrogen) atoms. The Morgan fingerprint density at radius 3 is 2.38 bits per heavy atom. The smallest absolute Gasteiger partial charge is 0.323 e. The molecule has 0 aliphatic carbocycles. The van der Waals surface area contributed by atoms with Crippen LogP contribution >= 0.6 is 11.6 Å². The highest BCUT2D eigenvalue weighted by Crippen LogP contribution is 2.27. The van der Waals surface area contributed by atoms with E-state index >= 15 is 0 Å². The number of nitrogens with zero attached hydrogens (tertiary/aromatic N) is 1. The molecule has 0 saturated carbocycles. The van der Waals surface area contributed by atoms with Gasteiger partial charge in [-0.1, -0.05) is 17.7 Å². The molecule has 0 spiro atoms. The number of carboxylic acid groups (broad SMARTS) is 1. The van der Waals surface area contributed by atoms with Crippen LogP contribution in [0.3, 0.4) is 0 Å². The van der Waals surface area contributed by atoms with Crippen LogP contribution in [0.2, 0.25) is 5.02 Å². The number of carbonyl (C=O) groups excluding carboxylic acids is 1. The second kappa shape index (κ2) is 6.45. The monoisotopic (exact) mass is 312 g/mol. The maximum Gasteiger partial charge on any atom is 0.323 e. The van der Waals surface area contributed by atoms with Crippen LogP contribution < -0.4 is 5.32 Å². The molecule has 0 fully saturated rings. The van der Waals surface area contributed by atoms with E-state index in [1.807, 2.05) is 19.9 Å². The number of likely N-dealkylation sites (N-methyl/N-ethyl adjacent to an activating group) is 1. The summed E-state index contributed by atoms with van der Waals surface area (Å²) in [6.45, 7) is 6.84. The Labute approximate surface area is 129 Å². The fourth-order valence-corrected chi connectivity index (χ4v) is 2.20. The number of hydrogen-bond donors (Lipinski definition) is 2. The van der Waals surface area contributed by atoms with Gasteiger partial charge >= 0.3 is 5.97 Å². The molecule has 5 nitrogen and oxygen atoms in total. The minimum Gasteiger partial charge on any atom is -0.480 e. The number of halogens is 1. The lowest BCUT2D eigenvalue weighted by molar-refractivity contribution is -0.148. The van der Waals surface area contributed by atoms with E-state index in [1.165, 1.54) is 4.90 Å². The predicted molar refractivity (Wildman–Crippen MR) is 83.9 cm³/mol. The molecule has 0 atom stereocenters. The zero-order valence-electron chi connectivity index (χ0n) is 13.0. The van der Waals surface area contributed by atoms with Crippen molar-refractivity contribution in [2.24, 2.45) is 0 Å². The predicted octanol–water partition coefficient (Wildman–Crippen LogP) is 2.69. The van der Waals surface area contributed by atoms with Gasteiger partial charge in [-0.2, -0.15) is 0 Å². The van der Waals surface area contributed by atoms with Gasteiger partial charge in [0.15, 0.2) is 0 Å². The van der Waals surface area contributed by atoms with Gasteiger partial charge in [0, 0.05) is 0 Å². The summed E-state index contributed by atoms with van der Waals surface area (Å²) in [5, 5.41) is 12.4. The second-order valence-corrected chi connectivity index (χ2v) is 6.11. The summed E-state index contributed by atoms with van der Waals surface area (Å²) < 4.78 is 0. The molecule has 1 amide bonds. The highest BCUT2D eigenvalue weighted by Gasteiger charge is 2.33. The molecule has 1 rings (SSSR count). The van der Waals surface area contributed by atoms with Gasteiger partial charge in [0.25, 0.3) is 0 Å². The van der Waals surface area contributed by atoms with E-state index in [4.69, 9.17) is 16.7 Å². The minimum atomic E-state index is -1.12. The molecule has 116 valence electrons. The largest absolute Gasteiger partial charge is 0.480 e. The van der Waals surface area contributed by atoms with E-state index in [1.54, 1.807) is 27.0 Å². The fourth-order valence-electron chi connectivity index (χ4n) is 1.83. The molecule has 0 aliphatic rings. The first kappa shape index (κ1) is 17.5. The van der Waals surface area contributed by atoms with E-state index in [2.05, 4.69) is 5.32 Å². The molecule has 2 N–H and O–H groups in total. The number of carbonyl (C=O) groups is 2. The van der Waals surface area contributed by atoms with Gasteiger partial charge < -0.3 is 10.4 Å². The van der Waals surface area contributed by atoms with Crippen LogP contribution in [0.15, 0.2) is 12.1 Å². The van der Waals surface area contributed by atoms with Crippen molar-refractivity contribution in [2.45, 2.75) is 33.2 Å². The quantitative estimate of drug-likeness (QED) is 0.877. The van der Waals surface area contributed by atoms with Gasteiger partial charge in [-0.3, -0.25) is 14.5 Å². The van der Waals surface area contributed by atoms with Crippen LogP contribution in [-0.4, -0.2) is 41.0 Å². The maximum absolute atomic E-state index is 12.1. The summed E-state index contributed by atoms with van der Waals surface area (Å²) in [5.41, 5.74) is 1.32. The normalized spacial score (nSPS) is 11.6. The van der Waals surface area contributed by atoms with Crippen LogP contribution in [0, 0.1) is 13.8 Å². The van der Waals surface area contributed by atoms with Gasteiger partial charge in [-0.15, -0.1) is 0 Å². The Morgan fingerprint density at radius 2 is 1.90 bits per heavy atom. The highest BCUT2D eigenvalue weighted by molar-refractivity contribution is 6.34. The van der Waals surface area contributed by atoms with E-state index in [-0.39, 0.29) is 12.5 Å². The maximum atomic E-state index is 12.1. The van der Waals surface area contributed by atoms with E-state index < -0.39 is 11.5 Å². The summed E-state index contributed by atoms with van der Waals surface area (Å²) in [7, 11) is 1.59. The molecule has 0 unspecified atom stereocenters. The molecule has 0 aromatic heterocycles. The lowest BCUT2D eigenvalue weighted by Gasteiger charge is -2.30. The summed E-state index contributed by atoms with van der Waals surface area (Å²) in [5.74, 6) is -1.29. The molecule has 0 radical (unpaired) electrons. The third-order valence-corrected chi connectivity index (χ3v) is 3.85. The van der Waals surface area contributed by atoms with Crippen LogP contribution in [0.1, 0.15) is 25.0 Å². The van der Waals surface area contributed by atoms with Crippen molar-refractivity contribution >= 4 is 29.2 Å². The van der Waals surface area contributed by atoms with Crippen molar-refractivity contribution in [1.29, 1.82) is 0 Å². The third kappa shape index (κ3) is 4.19. The SMILES string of the molecule is Cc1cc(C)c(NC(=O)CN(C)C(C)(C)C(=O)O)c(Cl)c1. The first-order chi connectivity index (χ1) is 9.55. The molecule has 6 heteroatoms. The average Bonchev–Trinajstić information content (AvgIpc) is 2.33. The van der Waals surface area contributed by atoms with Gasteiger partial charge in [0.2, 0.25) is 5.91 Å². The number of rotatable bonds is 5. The van der Waals surface area contributed by atoms with Crippen molar-refractivity contribution in [2.75, 3.05) is 18.9 Å². The summed E-state index contributed by atoms with van der Waals surface area (Å²) in [4.78, 5) is 24.7. The lowest BCUT2D eigenvalue weighted by atomic mass is 10.0. The van der Waals surface area contributed by atoms with Gasteiger partial charge in [-0.05, 0) is 51.9 Å². The molecule has 0 aliphatic heterocycles. The number of carboxylic acids is 1. The number of amides is 1. The Morgan fingerprint density at radius 1 is 1.33 bits per heavy atom. The summed E-state index contributed by atoms with van der Waals surface area (Å²) >= 11 is 6.13. The average molecular weight is 313 g/mol. The Balaban J connectivity index is 2.82. The zero-order valence-corrected chi connectivity index (χ0v) is 13.7. The molecular weight excluding hydrogens is 292 g/mol. The number of aryl methyl sites for hydroxylation is 2. The molecule has 0 saturated heterocycles. The van der Waals surface area contributed by atoms with E-state index in [0.717, 1.165) is 11.1 Å². The molecule has 0 bridgehead atoms. The molecule has 1 aromatic carbocycles. The number of nitrogens with one attached hydrogen (secondary N) is 1. The highest BCUT2D eigenvalue weighted by atomic mass is 35.5. The van der Waals surface area contributed by atoms with Gasteiger partial charge in [-0.25, -0.2) is 0 Å². The Hall–Kier alpha value is -1.59. The Kier molecular flexibility index (Phi) is 5.36. The standard InChI is InChI=1S/C15H21ClN2O3/c1-9-6-10(2)13(11(16)7-9)17-12(19)8-18(5)15(3,4)14(20)21/h6-7H,8H2,1-5H3,(H,17,19)(H,20,21). The fraction of sp³-hybridized carbons (Fsp3) is 0.467. The van der Waals surface area contributed by atoms with Crippen molar-refractivity contribution < 1.29 is 14.7 Å². The molecular formula is C15H21ClN2O3. The van der Waals surface area contributed by atoms with Crippen molar-refractivity contribution in [1.82, 2.24) is 4.90 Å². The van der Waals surface area contributed by atoms with E-state index in [9.17, 15) is 9.59 Å². The molecule has 0 heterocycles. The summed E-state index contributed by atoms with van der Waals surface area (Å²) in [6.07, 6.45) is 0. The lowest BCUT2D eigenvalue weighted by Crippen LogP contribution is -2.50. The third-order valence-electron chi connectivity index (χ3n) is 3.55. The van der Waals surface area contributed by atoms with Crippen LogP contribution in [0.25, 0.3) is 0 Å². The Bertz CT molecular complexity index is 547. The minimum absolute atomic E-state index is 0.0387. The first-order valence-corrected chi connectivity index (χ1v) is 6.94. The number of aliphatic carboxylic acids is 1. The van der Waals surface area contributed by atoms with E-state index in [0.29, 0.717) is 10.7 Å². The van der Waals surface area contributed by atoms with Gasteiger partial charge in [0.1, 0.15) is 5.54 Å². The topological polar surface area (TPSA) is 69.6 Å². The first-order valence-electron chi connectivity index (χ1n) is 6.57. The van der Waals surface area contributed by atoms with Gasteiger partial charge in [0.05, 0.1) is 17.3 Å². The van der Waals surface area contributed by atoms with Crippen LogP contribution in [0.5, 0.6) is 0 Å².